The molecule has 0 fully saturated rings. The van der Waals surface area contributed by atoms with E-state index in [1.807, 2.05) is 0 Å². The highest BCUT2D eigenvalue weighted by Crippen LogP contribution is 2.63. The van der Waals surface area contributed by atoms with Crippen molar-refractivity contribution in [3.63, 3.8) is 0 Å². The molecule has 1 atom stereocenters. The molecule has 0 aromatic heterocycles. The fourth-order valence-electron chi connectivity index (χ4n) is 3.16. The van der Waals surface area contributed by atoms with Crippen molar-refractivity contribution in [2.75, 3.05) is 20.8 Å². The maximum Gasteiger partial charge on any atom is 0.375 e. The molecule has 2 aliphatic heterocycles. The summed E-state index contributed by atoms with van der Waals surface area (Å²) in [6.45, 7) is 1.99. The van der Waals surface area contributed by atoms with Crippen LogP contribution < -0.4 is 0 Å². The second-order valence-electron chi connectivity index (χ2n) is 6.73. The molecule has 180 valence electrons. The van der Waals surface area contributed by atoms with E-state index in [1.165, 1.54) is 20.3 Å². The van der Waals surface area contributed by atoms with Crippen LogP contribution in [-0.4, -0.2) is 38.7 Å². The predicted molar refractivity (Wildman–Crippen MR) is 128 cm³/mol. The Balaban J connectivity index is 0.000000191. The lowest BCUT2D eigenvalue weighted by Gasteiger charge is -2.19. The Bertz CT molecular complexity index is 1220. The van der Waals surface area contributed by atoms with Gasteiger partial charge in [0.2, 0.25) is 5.85 Å². The number of rotatable bonds is 5. The molecule has 12 heteroatoms. The van der Waals surface area contributed by atoms with Crippen LogP contribution in [0.15, 0.2) is 51.4 Å². The van der Waals surface area contributed by atoms with Gasteiger partial charge in [0.05, 0.1) is 23.8 Å². The normalized spacial score (nSPS) is 17.3. The van der Waals surface area contributed by atoms with Crippen molar-refractivity contribution in [2.45, 2.75) is 12.8 Å². The number of benzene rings is 2. The summed E-state index contributed by atoms with van der Waals surface area (Å²) in [5, 5.41) is 0. The van der Waals surface area contributed by atoms with Crippen LogP contribution in [0.3, 0.4) is 0 Å². The van der Waals surface area contributed by atoms with Crippen molar-refractivity contribution in [3.05, 3.63) is 73.7 Å². The Morgan fingerprint density at radius 3 is 2.24 bits per heavy atom. The summed E-state index contributed by atoms with van der Waals surface area (Å²) < 4.78 is 38.4. The molecule has 0 spiro atoms. The van der Waals surface area contributed by atoms with E-state index in [9.17, 15) is 18.9 Å². The molecule has 34 heavy (non-hydrogen) atoms. The van der Waals surface area contributed by atoms with Gasteiger partial charge in [0.1, 0.15) is 5.76 Å². The third-order valence-electron chi connectivity index (χ3n) is 4.72. The summed E-state index contributed by atoms with van der Waals surface area (Å²) >= 11 is 6.58. The van der Waals surface area contributed by atoms with Gasteiger partial charge in [-0.3, -0.25) is 4.57 Å². The molecule has 2 heterocycles. The molecule has 1 unspecified atom stereocenters. The SMILES string of the molecule is CCOC(=O)C=C1OC(=O)c2ccc(Br)cc21.COP(=O)(OC)C1OC(=O)c2ccc(Br)cc21. The average molecular weight is 618 g/mol. The quantitative estimate of drug-likeness (QED) is 0.182. The summed E-state index contributed by atoms with van der Waals surface area (Å²) in [4.78, 5) is 34.4. The first kappa shape index (κ1) is 26.3. The van der Waals surface area contributed by atoms with E-state index in [1.54, 1.807) is 43.3 Å². The van der Waals surface area contributed by atoms with Crippen LogP contribution in [0.2, 0.25) is 0 Å². The van der Waals surface area contributed by atoms with Gasteiger partial charge in [0.25, 0.3) is 0 Å². The summed E-state index contributed by atoms with van der Waals surface area (Å²) in [7, 11) is -0.966. The van der Waals surface area contributed by atoms with Gasteiger partial charge < -0.3 is 23.3 Å². The molecular weight excluding hydrogens is 599 g/mol. The minimum Gasteiger partial charge on any atom is -0.463 e. The summed E-state index contributed by atoms with van der Waals surface area (Å²) in [5.41, 5.74) is 1.94. The van der Waals surface area contributed by atoms with Crippen molar-refractivity contribution >= 4 is 63.1 Å². The molecule has 0 aliphatic carbocycles. The third kappa shape index (κ3) is 5.50. The molecule has 0 bridgehead atoms. The minimum absolute atomic E-state index is 0.227. The van der Waals surface area contributed by atoms with Crippen molar-refractivity contribution in [3.8, 4) is 0 Å². The zero-order valence-electron chi connectivity index (χ0n) is 18.2. The van der Waals surface area contributed by atoms with Gasteiger partial charge in [-0.25, -0.2) is 14.4 Å². The van der Waals surface area contributed by atoms with Gasteiger partial charge in [-0.2, -0.15) is 0 Å². The third-order valence-corrected chi connectivity index (χ3v) is 7.68. The van der Waals surface area contributed by atoms with Gasteiger partial charge in [-0.1, -0.05) is 31.9 Å². The molecule has 2 aliphatic rings. The van der Waals surface area contributed by atoms with Crippen molar-refractivity contribution in [1.29, 1.82) is 0 Å². The fraction of sp³-hybridized carbons (Fsp3) is 0.227. The number of halogens is 2. The maximum absolute atomic E-state index is 12.2. The van der Waals surface area contributed by atoms with Crippen LogP contribution in [0.4, 0.5) is 0 Å². The first-order chi connectivity index (χ1) is 16.1. The molecule has 4 rings (SSSR count). The molecule has 0 radical (unpaired) electrons. The number of cyclic esters (lactones) is 2. The van der Waals surface area contributed by atoms with E-state index < -0.39 is 31.3 Å². The van der Waals surface area contributed by atoms with Crippen LogP contribution in [0.5, 0.6) is 0 Å². The summed E-state index contributed by atoms with van der Waals surface area (Å²) in [6, 6.07) is 10.1. The van der Waals surface area contributed by atoms with Crippen LogP contribution >= 0.6 is 39.5 Å². The zero-order valence-corrected chi connectivity index (χ0v) is 22.3. The minimum atomic E-state index is -3.48. The fourth-order valence-corrected chi connectivity index (χ4v) is 5.21. The topological polar surface area (TPSA) is 114 Å². The molecule has 0 N–H and O–H groups in total. The van der Waals surface area contributed by atoms with E-state index in [2.05, 4.69) is 31.9 Å². The number of fused-ring (bicyclic) bond motifs is 2. The number of esters is 3. The second kappa shape index (κ2) is 11.0. The second-order valence-corrected chi connectivity index (χ2v) is 10.8. The highest BCUT2D eigenvalue weighted by Gasteiger charge is 2.45. The smallest absolute Gasteiger partial charge is 0.375 e. The van der Waals surface area contributed by atoms with Crippen molar-refractivity contribution in [1.82, 2.24) is 0 Å². The zero-order chi connectivity index (χ0) is 25.0. The molecule has 9 nitrogen and oxygen atoms in total. The number of hydrogen-bond donors (Lipinski definition) is 0. The van der Waals surface area contributed by atoms with E-state index in [0.29, 0.717) is 22.3 Å². The van der Waals surface area contributed by atoms with Gasteiger partial charge in [-0.05, 0) is 43.3 Å². The van der Waals surface area contributed by atoms with Gasteiger partial charge in [0, 0.05) is 34.3 Å². The molecule has 0 amide bonds. The van der Waals surface area contributed by atoms with E-state index in [0.717, 1.165) is 8.95 Å². The Labute approximate surface area is 212 Å². The number of carbonyl (C=O) groups is 3. The molecular formula is C22H19Br2O9P. The Morgan fingerprint density at radius 1 is 1.00 bits per heavy atom. The highest BCUT2D eigenvalue weighted by molar-refractivity contribution is 9.10. The molecule has 2 aromatic carbocycles. The average Bonchev–Trinajstić information content (AvgIpc) is 3.30. The molecule has 2 aromatic rings. The van der Waals surface area contributed by atoms with Crippen molar-refractivity contribution < 1.29 is 42.2 Å². The van der Waals surface area contributed by atoms with Gasteiger partial charge >= 0.3 is 25.5 Å². The largest absolute Gasteiger partial charge is 0.463 e. The molecule has 0 saturated carbocycles. The van der Waals surface area contributed by atoms with Crippen LogP contribution in [-0.2, 0) is 32.6 Å². The Morgan fingerprint density at radius 2 is 1.62 bits per heavy atom. The Hall–Kier alpha value is -2.30. The van der Waals surface area contributed by atoms with Crippen molar-refractivity contribution in [2.24, 2.45) is 0 Å². The van der Waals surface area contributed by atoms with E-state index in [-0.39, 0.29) is 12.4 Å². The highest BCUT2D eigenvalue weighted by atomic mass is 79.9. The van der Waals surface area contributed by atoms with Crippen LogP contribution in [0.25, 0.3) is 5.76 Å². The monoisotopic (exact) mass is 616 g/mol. The summed E-state index contributed by atoms with van der Waals surface area (Å²) in [5.74, 6) is -2.28. The number of hydrogen-bond acceptors (Lipinski definition) is 9. The lowest BCUT2D eigenvalue weighted by atomic mass is 10.1. The van der Waals surface area contributed by atoms with Crippen LogP contribution in [0.1, 0.15) is 44.6 Å². The Kier molecular flexibility index (Phi) is 8.48. The van der Waals surface area contributed by atoms with Gasteiger partial charge in [0.15, 0.2) is 0 Å². The predicted octanol–water partition coefficient (Wildman–Crippen LogP) is 5.63. The first-order valence-corrected chi connectivity index (χ1v) is 13.0. The maximum atomic E-state index is 12.2. The van der Waals surface area contributed by atoms with E-state index in [4.69, 9.17) is 23.3 Å². The van der Waals surface area contributed by atoms with E-state index >= 15 is 0 Å². The summed E-state index contributed by atoms with van der Waals surface area (Å²) in [6.07, 6.45) is 1.18. The lowest BCUT2D eigenvalue weighted by molar-refractivity contribution is -0.137. The first-order valence-electron chi connectivity index (χ1n) is 9.75. The molecule has 0 saturated heterocycles. The van der Waals surface area contributed by atoms with Crippen LogP contribution in [0, 0.1) is 0 Å². The number of ether oxygens (including phenoxy) is 3. The standard InChI is InChI=1S/C12H9BrO4.C10H10BrO5P/c1-2-16-11(14)6-10-9-5-7(13)3-4-8(9)12(15)17-10;1-14-17(13,15-2)10-8-5-6(11)3-4-7(8)9(12)16-10/h3-6H,2H2,1H3;3-5,10H,1-2H3. The van der Waals surface area contributed by atoms with Gasteiger partial charge in [-0.15, -0.1) is 0 Å². The number of carbonyl (C=O) groups excluding carboxylic acids is 3. The lowest BCUT2D eigenvalue weighted by Crippen LogP contribution is -2.03.